The molecule has 0 radical (unpaired) electrons. The van der Waals surface area contributed by atoms with Crippen LogP contribution < -0.4 is 10.1 Å². The van der Waals surface area contributed by atoms with Crippen LogP contribution in [0.2, 0.25) is 5.02 Å². The molecule has 0 amide bonds. The van der Waals surface area contributed by atoms with Gasteiger partial charge in [0.1, 0.15) is 6.61 Å². The Morgan fingerprint density at radius 1 is 1.20 bits per heavy atom. The summed E-state index contributed by atoms with van der Waals surface area (Å²) in [6.07, 6.45) is 0. The first-order valence-corrected chi connectivity index (χ1v) is 7.00. The molecule has 0 spiro atoms. The van der Waals surface area contributed by atoms with E-state index in [-0.39, 0.29) is 12.4 Å². The van der Waals surface area contributed by atoms with Gasteiger partial charge in [-0.3, -0.25) is 0 Å². The van der Waals surface area contributed by atoms with Crippen molar-refractivity contribution in [2.75, 3.05) is 18.5 Å². The van der Waals surface area contributed by atoms with Crippen LogP contribution in [0, 0.1) is 11.6 Å². The summed E-state index contributed by atoms with van der Waals surface area (Å²) >= 11 is 8.93. The summed E-state index contributed by atoms with van der Waals surface area (Å²) < 4.78 is 32.2. The van der Waals surface area contributed by atoms with Gasteiger partial charge in [0.05, 0.1) is 0 Å². The van der Waals surface area contributed by atoms with Crippen molar-refractivity contribution >= 4 is 33.2 Å². The fraction of sp³-hybridized carbons (Fsp3) is 0.143. The molecule has 0 unspecified atom stereocenters. The Hall–Kier alpha value is -1.33. The average molecular weight is 363 g/mol. The zero-order valence-corrected chi connectivity index (χ0v) is 12.6. The smallest absolute Gasteiger partial charge is 0.200 e. The molecule has 0 bridgehead atoms. The van der Waals surface area contributed by atoms with Crippen LogP contribution in [0.1, 0.15) is 0 Å². The fourth-order valence-electron chi connectivity index (χ4n) is 1.59. The Labute approximate surface area is 128 Å². The van der Waals surface area contributed by atoms with E-state index >= 15 is 0 Å². The van der Waals surface area contributed by atoms with Crippen LogP contribution in [0.5, 0.6) is 5.75 Å². The number of benzene rings is 2. The number of hydrogen-bond donors (Lipinski definition) is 1. The van der Waals surface area contributed by atoms with Gasteiger partial charge in [-0.05, 0) is 30.3 Å². The zero-order valence-electron chi connectivity index (χ0n) is 10.3. The van der Waals surface area contributed by atoms with Crippen molar-refractivity contribution in [2.24, 2.45) is 0 Å². The lowest BCUT2D eigenvalue weighted by molar-refractivity contribution is 0.308. The summed E-state index contributed by atoms with van der Waals surface area (Å²) in [6.45, 7) is 0.632. The van der Waals surface area contributed by atoms with Crippen LogP contribution in [0.25, 0.3) is 0 Å². The lowest BCUT2D eigenvalue weighted by atomic mass is 10.3. The first-order valence-electron chi connectivity index (χ1n) is 5.83. The van der Waals surface area contributed by atoms with Crippen molar-refractivity contribution in [3.8, 4) is 5.75 Å². The lowest BCUT2D eigenvalue weighted by Crippen LogP contribution is -2.12. The van der Waals surface area contributed by atoms with Crippen molar-refractivity contribution < 1.29 is 13.5 Å². The maximum atomic E-state index is 13.4. The number of anilines is 1. The highest BCUT2D eigenvalue weighted by Gasteiger charge is 2.10. The minimum Gasteiger partial charge on any atom is -0.489 e. The van der Waals surface area contributed by atoms with E-state index in [1.54, 1.807) is 12.1 Å². The van der Waals surface area contributed by atoms with Gasteiger partial charge in [0.2, 0.25) is 5.82 Å². The maximum absolute atomic E-state index is 13.4. The molecule has 20 heavy (non-hydrogen) atoms. The van der Waals surface area contributed by atoms with Crippen molar-refractivity contribution in [1.82, 2.24) is 0 Å². The molecule has 0 fully saturated rings. The van der Waals surface area contributed by atoms with Crippen LogP contribution in [-0.4, -0.2) is 13.2 Å². The molecule has 2 nitrogen and oxygen atoms in total. The van der Waals surface area contributed by atoms with E-state index in [1.165, 1.54) is 6.07 Å². The van der Waals surface area contributed by atoms with Crippen molar-refractivity contribution in [3.05, 3.63) is 57.5 Å². The maximum Gasteiger partial charge on any atom is 0.200 e. The molecule has 0 saturated carbocycles. The zero-order chi connectivity index (χ0) is 14.5. The standard InChI is InChI=1S/C14H11BrClF2NO/c15-9-6-12(17)14(18)13(7-9)20-5-4-19-11-3-1-2-10(16)8-11/h1-3,6-8,19H,4-5H2. The Morgan fingerprint density at radius 2 is 2.00 bits per heavy atom. The highest BCUT2D eigenvalue weighted by Crippen LogP contribution is 2.25. The molecule has 106 valence electrons. The molecule has 1 N–H and O–H groups in total. The summed E-state index contributed by atoms with van der Waals surface area (Å²) in [5.41, 5.74) is 0.835. The summed E-state index contributed by atoms with van der Waals surface area (Å²) in [6, 6.07) is 9.63. The van der Waals surface area contributed by atoms with Crippen LogP contribution in [0.4, 0.5) is 14.5 Å². The van der Waals surface area contributed by atoms with Gasteiger partial charge in [0, 0.05) is 21.7 Å². The number of halogens is 4. The van der Waals surface area contributed by atoms with Gasteiger partial charge < -0.3 is 10.1 Å². The molecule has 2 aromatic rings. The average Bonchev–Trinajstić information content (AvgIpc) is 2.40. The summed E-state index contributed by atoms with van der Waals surface area (Å²) in [5.74, 6) is -2.06. The molecule has 0 aliphatic carbocycles. The highest BCUT2D eigenvalue weighted by atomic mass is 79.9. The van der Waals surface area contributed by atoms with Crippen molar-refractivity contribution in [2.45, 2.75) is 0 Å². The van der Waals surface area contributed by atoms with Gasteiger partial charge in [-0.25, -0.2) is 4.39 Å². The largest absolute Gasteiger partial charge is 0.489 e. The van der Waals surface area contributed by atoms with E-state index in [2.05, 4.69) is 21.2 Å². The summed E-state index contributed by atoms with van der Waals surface area (Å²) in [7, 11) is 0. The second-order valence-corrected chi connectivity index (χ2v) is 5.34. The van der Waals surface area contributed by atoms with Crippen LogP contribution in [0.15, 0.2) is 40.9 Å². The first kappa shape index (κ1) is 15.1. The number of nitrogens with one attached hydrogen (secondary N) is 1. The van der Waals surface area contributed by atoms with E-state index in [4.69, 9.17) is 16.3 Å². The van der Waals surface area contributed by atoms with Gasteiger partial charge in [-0.15, -0.1) is 0 Å². The first-order chi connectivity index (χ1) is 9.56. The highest BCUT2D eigenvalue weighted by molar-refractivity contribution is 9.10. The van der Waals surface area contributed by atoms with Crippen LogP contribution in [0.3, 0.4) is 0 Å². The number of rotatable bonds is 5. The predicted molar refractivity (Wildman–Crippen MR) is 79.5 cm³/mol. The van der Waals surface area contributed by atoms with Gasteiger partial charge in [0.25, 0.3) is 0 Å². The van der Waals surface area contributed by atoms with Crippen LogP contribution in [-0.2, 0) is 0 Å². The van der Waals surface area contributed by atoms with E-state index in [0.717, 1.165) is 11.8 Å². The normalized spacial score (nSPS) is 10.4. The topological polar surface area (TPSA) is 21.3 Å². The molecule has 0 aliphatic rings. The van der Waals surface area contributed by atoms with Gasteiger partial charge in [-0.1, -0.05) is 33.6 Å². The van der Waals surface area contributed by atoms with Crippen molar-refractivity contribution in [3.63, 3.8) is 0 Å². The van der Waals surface area contributed by atoms with Gasteiger partial charge in [0.15, 0.2) is 11.6 Å². The molecule has 0 aromatic heterocycles. The Morgan fingerprint density at radius 3 is 2.75 bits per heavy atom. The van der Waals surface area contributed by atoms with E-state index in [1.807, 2.05) is 12.1 Å². The molecule has 0 saturated heterocycles. The Bertz CT molecular complexity index is 610. The molecule has 0 heterocycles. The molecule has 2 rings (SSSR count). The van der Waals surface area contributed by atoms with E-state index in [0.29, 0.717) is 16.0 Å². The molecular formula is C14H11BrClF2NO. The second-order valence-electron chi connectivity index (χ2n) is 3.99. The molecular weight excluding hydrogens is 352 g/mol. The van der Waals surface area contributed by atoms with Gasteiger partial charge >= 0.3 is 0 Å². The van der Waals surface area contributed by atoms with E-state index in [9.17, 15) is 8.78 Å². The minimum absolute atomic E-state index is 0.121. The molecule has 2 aromatic carbocycles. The lowest BCUT2D eigenvalue weighted by Gasteiger charge is -2.10. The third-order valence-electron chi connectivity index (χ3n) is 2.47. The van der Waals surface area contributed by atoms with Crippen molar-refractivity contribution in [1.29, 1.82) is 0 Å². The number of hydrogen-bond acceptors (Lipinski definition) is 2. The summed E-state index contributed by atoms with van der Waals surface area (Å²) in [5, 5.41) is 3.69. The monoisotopic (exact) mass is 361 g/mol. The number of ether oxygens (including phenoxy) is 1. The molecule has 0 atom stereocenters. The molecule has 6 heteroatoms. The van der Waals surface area contributed by atoms with Crippen LogP contribution >= 0.6 is 27.5 Å². The predicted octanol–water partition coefficient (Wildman–Crippen LogP) is 4.87. The van der Waals surface area contributed by atoms with Gasteiger partial charge in [-0.2, -0.15) is 4.39 Å². The minimum atomic E-state index is -0.990. The Kier molecular flexibility index (Phi) is 5.20. The summed E-state index contributed by atoms with van der Waals surface area (Å²) in [4.78, 5) is 0. The quantitative estimate of drug-likeness (QED) is 0.605. The van der Waals surface area contributed by atoms with E-state index < -0.39 is 11.6 Å². The third-order valence-corrected chi connectivity index (χ3v) is 3.17. The Balaban J connectivity index is 1.87. The fourth-order valence-corrected chi connectivity index (χ4v) is 2.19. The molecule has 0 aliphatic heterocycles. The second kappa shape index (κ2) is 6.90. The third kappa shape index (κ3) is 4.08. The SMILES string of the molecule is Fc1cc(Br)cc(OCCNc2cccc(Cl)c2)c1F.